The van der Waals surface area contributed by atoms with Crippen molar-refractivity contribution >= 4 is 0 Å². The molecular weight excluding hydrogens is 224 g/mol. The molecule has 0 aromatic heterocycles. The summed E-state index contributed by atoms with van der Waals surface area (Å²) in [6.07, 6.45) is 2.82. The van der Waals surface area contributed by atoms with Gasteiger partial charge in [-0.15, -0.1) is 0 Å². The molecule has 0 unspecified atom stereocenters. The molecule has 3 aliphatic rings. The first kappa shape index (κ1) is 12.9. The Morgan fingerprint density at radius 3 is 2.39 bits per heavy atom. The van der Waals surface area contributed by atoms with Crippen molar-refractivity contribution in [3.63, 3.8) is 0 Å². The van der Waals surface area contributed by atoms with Crippen molar-refractivity contribution in [1.29, 1.82) is 0 Å². The second-order valence-electron chi connectivity index (χ2n) is 7.60. The molecule has 0 spiro atoms. The Morgan fingerprint density at radius 2 is 1.83 bits per heavy atom. The maximum atomic E-state index is 5.46. The average Bonchev–Trinajstić information content (AvgIpc) is 2.82. The van der Waals surface area contributed by atoms with Gasteiger partial charge in [-0.3, -0.25) is 9.80 Å². The molecule has 3 atom stereocenters. The standard InChI is InChI=1S/C15H28N2O/c1-12-9-15(11-16-5-7-18-8-6-16)10-13(15)17(12)14(2,3)4/h12-13H,5-11H2,1-4H3/t12-,13-,15+/m1/s1. The molecule has 0 aromatic carbocycles. The van der Waals surface area contributed by atoms with Crippen LogP contribution in [0.2, 0.25) is 0 Å². The number of likely N-dealkylation sites (tertiary alicyclic amines) is 1. The van der Waals surface area contributed by atoms with Gasteiger partial charge in [0.1, 0.15) is 0 Å². The molecule has 0 aromatic rings. The van der Waals surface area contributed by atoms with E-state index in [0.717, 1.165) is 38.4 Å². The summed E-state index contributed by atoms with van der Waals surface area (Å²) in [4.78, 5) is 5.40. The lowest BCUT2D eigenvalue weighted by atomic mass is 9.98. The van der Waals surface area contributed by atoms with Crippen molar-refractivity contribution in [2.24, 2.45) is 5.41 Å². The Hall–Kier alpha value is -0.120. The Morgan fingerprint density at radius 1 is 1.17 bits per heavy atom. The first-order chi connectivity index (χ1) is 8.42. The molecule has 0 amide bonds. The summed E-state index contributed by atoms with van der Waals surface area (Å²) in [7, 11) is 0. The molecule has 0 radical (unpaired) electrons. The summed E-state index contributed by atoms with van der Waals surface area (Å²) in [6.45, 7) is 15.0. The summed E-state index contributed by atoms with van der Waals surface area (Å²) in [6, 6.07) is 1.60. The molecule has 3 fully saturated rings. The number of hydrogen-bond acceptors (Lipinski definition) is 3. The second kappa shape index (κ2) is 4.19. The highest BCUT2D eigenvalue weighted by Crippen LogP contribution is 2.61. The SMILES string of the molecule is C[C@@H]1C[C@@]2(CN3CCOCC3)C[C@H]2N1C(C)(C)C. The third kappa shape index (κ3) is 2.10. The van der Waals surface area contributed by atoms with Crippen molar-refractivity contribution in [3.05, 3.63) is 0 Å². The Balaban J connectivity index is 1.65. The predicted molar refractivity (Wildman–Crippen MR) is 73.8 cm³/mol. The van der Waals surface area contributed by atoms with E-state index in [9.17, 15) is 0 Å². The summed E-state index contributed by atoms with van der Waals surface area (Å²) in [5.41, 5.74) is 0.942. The first-order valence-corrected chi connectivity index (χ1v) is 7.51. The largest absolute Gasteiger partial charge is 0.379 e. The minimum atomic E-state index is 0.327. The van der Waals surface area contributed by atoms with E-state index in [1.807, 2.05) is 0 Å². The lowest BCUT2D eigenvalue weighted by Gasteiger charge is -2.37. The lowest BCUT2D eigenvalue weighted by molar-refractivity contribution is 0.0280. The van der Waals surface area contributed by atoms with Crippen LogP contribution in [0.3, 0.4) is 0 Å². The van der Waals surface area contributed by atoms with E-state index in [1.165, 1.54) is 19.4 Å². The van der Waals surface area contributed by atoms with Crippen molar-refractivity contribution in [3.8, 4) is 0 Å². The van der Waals surface area contributed by atoms with Crippen LogP contribution < -0.4 is 0 Å². The summed E-state index contributed by atoms with van der Waals surface area (Å²) in [5.74, 6) is 0. The van der Waals surface area contributed by atoms with Gasteiger partial charge in [-0.1, -0.05) is 0 Å². The lowest BCUT2D eigenvalue weighted by Crippen LogP contribution is -2.45. The molecule has 2 heterocycles. The van der Waals surface area contributed by atoms with E-state index < -0.39 is 0 Å². The fourth-order valence-electron chi connectivity index (χ4n) is 4.50. The minimum absolute atomic E-state index is 0.327. The molecule has 0 N–H and O–H groups in total. The molecule has 3 rings (SSSR count). The topological polar surface area (TPSA) is 15.7 Å². The molecule has 2 saturated heterocycles. The van der Waals surface area contributed by atoms with Gasteiger partial charge in [0, 0.05) is 42.7 Å². The van der Waals surface area contributed by atoms with Crippen molar-refractivity contribution < 1.29 is 4.74 Å². The molecule has 104 valence electrons. The summed E-state index contributed by atoms with van der Waals surface area (Å²) in [5, 5.41) is 0. The van der Waals surface area contributed by atoms with Crippen molar-refractivity contribution in [2.45, 2.75) is 58.2 Å². The number of ether oxygens (including phenoxy) is 1. The Bertz CT molecular complexity index is 319. The molecule has 1 aliphatic carbocycles. The van der Waals surface area contributed by atoms with Gasteiger partial charge in [-0.25, -0.2) is 0 Å². The average molecular weight is 252 g/mol. The van der Waals surface area contributed by atoms with Gasteiger partial charge in [0.15, 0.2) is 0 Å². The maximum Gasteiger partial charge on any atom is 0.0594 e. The number of rotatable bonds is 2. The van der Waals surface area contributed by atoms with Crippen LogP contribution in [0.15, 0.2) is 0 Å². The van der Waals surface area contributed by atoms with Crippen LogP contribution in [-0.2, 0) is 4.74 Å². The van der Waals surface area contributed by atoms with Crippen LogP contribution in [0.5, 0.6) is 0 Å². The quantitative estimate of drug-likeness (QED) is 0.747. The third-order valence-corrected chi connectivity index (χ3v) is 5.08. The Labute approximate surface area is 111 Å². The van der Waals surface area contributed by atoms with Crippen LogP contribution in [0.4, 0.5) is 0 Å². The molecule has 2 aliphatic heterocycles. The number of piperidine rings is 1. The summed E-state index contributed by atoms with van der Waals surface area (Å²) < 4.78 is 5.46. The number of fused-ring (bicyclic) bond motifs is 1. The van der Waals surface area contributed by atoms with Crippen molar-refractivity contribution in [1.82, 2.24) is 9.80 Å². The fraction of sp³-hybridized carbons (Fsp3) is 1.00. The predicted octanol–water partition coefficient (Wildman–Crippen LogP) is 1.97. The highest BCUT2D eigenvalue weighted by Gasteiger charge is 2.65. The van der Waals surface area contributed by atoms with E-state index in [4.69, 9.17) is 4.74 Å². The number of hydrogen-bond donors (Lipinski definition) is 0. The monoisotopic (exact) mass is 252 g/mol. The minimum Gasteiger partial charge on any atom is -0.379 e. The van der Waals surface area contributed by atoms with Crippen LogP contribution in [0.1, 0.15) is 40.5 Å². The zero-order valence-corrected chi connectivity index (χ0v) is 12.4. The van der Waals surface area contributed by atoms with Gasteiger partial charge in [0.2, 0.25) is 0 Å². The van der Waals surface area contributed by atoms with Gasteiger partial charge >= 0.3 is 0 Å². The molecular formula is C15H28N2O. The van der Waals surface area contributed by atoms with E-state index in [2.05, 4.69) is 37.5 Å². The van der Waals surface area contributed by atoms with Crippen LogP contribution in [-0.4, -0.2) is 60.3 Å². The first-order valence-electron chi connectivity index (χ1n) is 7.51. The highest BCUT2D eigenvalue weighted by atomic mass is 16.5. The van der Waals surface area contributed by atoms with Gasteiger partial charge < -0.3 is 4.74 Å². The number of nitrogens with zero attached hydrogens (tertiary/aromatic N) is 2. The zero-order chi connectivity index (χ0) is 13.0. The van der Waals surface area contributed by atoms with Gasteiger partial charge in [-0.05, 0) is 40.5 Å². The highest BCUT2D eigenvalue weighted by molar-refractivity contribution is 5.19. The van der Waals surface area contributed by atoms with Gasteiger partial charge in [0.05, 0.1) is 13.2 Å². The normalized spacial score (nSPS) is 42.0. The van der Waals surface area contributed by atoms with E-state index in [1.54, 1.807) is 0 Å². The third-order valence-electron chi connectivity index (χ3n) is 5.08. The summed E-state index contributed by atoms with van der Waals surface area (Å²) >= 11 is 0. The molecule has 0 bridgehead atoms. The fourth-order valence-corrected chi connectivity index (χ4v) is 4.50. The number of morpholine rings is 1. The van der Waals surface area contributed by atoms with E-state index >= 15 is 0 Å². The maximum absolute atomic E-state index is 5.46. The van der Waals surface area contributed by atoms with Crippen LogP contribution in [0, 0.1) is 5.41 Å². The van der Waals surface area contributed by atoms with Crippen molar-refractivity contribution in [2.75, 3.05) is 32.8 Å². The second-order valence-corrected chi connectivity index (χ2v) is 7.60. The Kier molecular flexibility index (Phi) is 3.00. The van der Waals surface area contributed by atoms with E-state index in [0.29, 0.717) is 11.0 Å². The zero-order valence-electron chi connectivity index (χ0n) is 12.4. The smallest absolute Gasteiger partial charge is 0.0594 e. The molecule has 3 nitrogen and oxygen atoms in total. The van der Waals surface area contributed by atoms with E-state index in [-0.39, 0.29) is 0 Å². The molecule has 3 heteroatoms. The van der Waals surface area contributed by atoms with Crippen LogP contribution >= 0.6 is 0 Å². The molecule has 1 saturated carbocycles. The molecule has 18 heavy (non-hydrogen) atoms. The van der Waals surface area contributed by atoms with Gasteiger partial charge in [0.25, 0.3) is 0 Å². The van der Waals surface area contributed by atoms with Crippen LogP contribution in [0.25, 0.3) is 0 Å². The van der Waals surface area contributed by atoms with Gasteiger partial charge in [-0.2, -0.15) is 0 Å².